The molecule has 1 aromatic heterocycles. The van der Waals surface area contributed by atoms with Crippen molar-refractivity contribution in [2.75, 3.05) is 27.8 Å². The Hall–Kier alpha value is -3.82. The Morgan fingerprint density at radius 3 is 2.72 bits per heavy atom. The molecule has 166 valence electrons. The van der Waals surface area contributed by atoms with Gasteiger partial charge in [-0.05, 0) is 36.2 Å². The number of fused-ring (bicyclic) bond motifs is 1. The third kappa shape index (κ3) is 4.74. The lowest BCUT2D eigenvalue weighted by Crippen LogP contribution is -2.15. The summed E-state index contributed by atoms with van der Waals surface area (Å²) in [7, 11) is 0. The molecule has 2 heterocycles. The van der Waals surface area contributed by atoms with Crippen molar-refractivity contribution in [1.29, 1.82) is 0 Å². The molecule has 2 aromatic carbocycles. The van der Waals surface area contributed by atoms with Crippen molar-refractivity contribution < 1.29 is 18.0 Å². The van der Waals surface area contributed by atoms with Gasteiger partial charge in [-0.2, -0.15) is 18.2 Å². The SMILES string of the molecule is CCNc1ccccc1CNc1nc(Nc2ccc3c(c2)NC(=O)C3)ncc1C(F)(F)F. The van der Waals surface area contributed by atoms with E-state index in [1.54, 1.807) is 18.2 Å². The molecule has 0 atom stereocenters. The Morgan fingerprint density at radius 1 is 1.12 bits per heavy atom. The number of aromatic nitrogens is 2. The summed E-state index contributed by atoms with van der Waals surface area (Å²) in [4.78, 5) is 19.4. The normalized spacial score (nSPS) is 12.8. The summed E-state index contributed by atoms with van der Waals surface area (Å²) in [5.74, 6) is -0.423. The zero-order chi connectivity index (χ0) is 22.7. The van der Waals surface area contributed by atoms with Gasteiger partial charge in [-0.15, -0.1) is 0 Å². The number of alkyl halides is 3. The molecule has 0 aliphatic carbocycles. The van der Waals surface area contributed by atoms with E-state index in [1.165, 1.54) is 0 Å². The van der Waals surface area contributed by atoms with Crippen molar-refractivity contribution >= 4 is 34.7 Å². The van der Waals surface area contributed by atoms with Crippen LogP contribution in [0.2, 0.25) is 0 Å². The van der Waals surface area contributed by atoms with Crippen LogP contribution in [0, 0.1) is 0 Å². The van der Waals surface area contributed by atoms with Crippen LogP contribution in [-0.4, -0.2) is 22.4 Å². The van der Waals surface area contributed by atoms with E-state index in [9.17, 15) is 18.0 Å². The molecule has 0 radical (unpaired) electrons. The molecule has 0 saturated heterocycles. The molecule has 1 aliphatic heterocycles. The van der Waals surface area contributed by atoms with Crippen molar-refractivity contribution in [2.45, 2.75) is 26.1 Å². The highest BCUT2D eigenvalue weighted by molar-refractivity contribution is 5.99. The van der Waals surface area contributed by atoms with Gasteiger partial charge in [-0.3, -0.25) is 4.79 Å². The van der Waals surface area contributed by atoms with Gasteiger partial charge in [0, 0.05) is 36.3 Å². The van der Waals surface area contributed by atoms with Crippen molar-refractivity contribution in [3.05, 3.63) is 65.4 Å². The summed E-state index contributed by atoms with van der Waals surface area (Å²) in [5, 5.41) is 11.6. The van der Waals surface area contributed by atoms with E-state index in [0.717, 1.165) is 23.0 Å². The molecule has 7 nitrogen and oxygen atoms in total. The van der Waals surface area contributed by atoms with Crippen molar-refractivity contribution in [1.82, 2.24) is 9.97 Å². The number of para-hydroxylation sites is 1. The summed E-state index contributed by atoms with van der Waals surface area (Å²) < 4.78 is 40.6. The van der Waals surface area contributed by atoms with Gasteiger partial charge >= 0.3 is 6.18 Å². The maximum atomic E-state index is 13.5. The van der Waals surface area contributed by atoms with Crippen molar-refractivity contribution in [3.63, 3.8) is 0 Å². The number of carbonyl (C=O) groups excluding carboxylic acids is 1. The molecule has 1 aliphatic rings. The summed E-state index contributed by atoms with van der Waals surface area (Å²) in [6, 6.07) is 12.6. The fourth-order valence-corrected chi connectivity index (χ4v) is 3.42. The number of rotatable bonds is 7. The van der Waals surface area contributed by atoms with Gasteiger partial charge in [0.05, 0.1) is 6.42 Å². The fraction of sp³-hybridized carbons (Fsp3) is 0.227. The smallest absolute Gasteiger partial charge is 0.385 e. The second kappa shape index (κ2) is 8.74. The molecule has 3 aromatic rings. The number of amides is 1. The Balaban J connectivity index is 1.58. The average molecular weight is 442 g/mol. The van der Waals surface area contributed by atoms with Gasteiger partial charge in [0.15, 0.2) is 0 Å². The molecular weight excluding hydrogens is 421 g/mol. The third-order valence-electron chi connectivity index (χ3n) is 4.92. The molecule has 0 bridgehead atoms. The van der Waals surface area contributed by atoms with Crippen LogP contribution in [-0.2, 0) is 23.9 Å². The van der Waals surface area contributed by atoms with Crippen LogP contribution in [0.3, 0.4) is 0 Å². The van der Waals surface area contributed by atoms with Crippen LogP contribution in [0.1, 0.15) is 23.6 Å². The molecule has 32 heavy (non-hydrogen) atoms. The van der Waals surface area contributed by atoms with E-state index in [2.05, 4.69) is 31.2 Å². The van der Waals surface area contributed by atoms with Gasteiger partial charge < -0.3 is 21.3 Å². The predicted octanol–water partition coefficient (Wildman–Crippen LogP) is 4.78. The van der Waals surface area contributed by atoms with E-state index in [1.807, 2.05) is 31.2 Å². The number of nitrogens with one attached hydrogen (secondary N) is 4. The molecule has 10 heteroatoms. The van der Waals surface area contributed by atoms with E-state index >= 15 is 0 Å². The Labute approximate surface area is 182 Å². The highest BCUT2D eigenvalue weighted by Gasteiger charge is 2.35. The number of hydrogen-bond donors (Lipinski definition) is 4. The summed E-state index contributed by atoms with van der Waals surface area (Å²) in [6.07, 6.45) is -3.56. The standard InChI is InChI=1S/C22H21F3N6O/c1-2-26-17-6-4-3-5-14(17)11-27-20-16(22(23,24)25)12-28-21(31-20)29-15-8-7-13-9-19(32)30-18(13)10-15/h3-8,10,12,26H,2,9,11H2,1H3,(H,30,32)(H2,27,28,29,31). The second-order valence-electron chi connectivity index (χ2n) is 7.22. The van der Waals surface area contributed by atoms with Crippen molar-refractivity contribution in [3.8, 4) is 0 Å². The third-order valence-corrected chi connectivity index (χ3v) is 4.92. The van der Waals surface area contributed by atoms with E-state index in [-0.39, 0.29) is 24.2 Å². The number of benzene rings is 2. The maximum absolute atomic E-state index is 13.5. The van der Waals surface area contributed by atoms with Gasteiger partial charge in [-0.25, -0.2) is 4.98 Å². The molecule has 4 rings (SSSR count). The minimum Gasteiger partial charge on any atom is -0.385 e. The van der Waals surface area contributed by atoms with E-state index in [4.69, 9.17) is 0 Å². The summed E-state index contributed by atoms with van der Waals surface area (Å²) >= 11 is 0. The monoisotopic (exact) mass is 442 g/mol. The maximum Gasteiger partial charge on any atom is 0.421 e. The summed E-state index contributed by atoms with van der Waals surface area (Å²) in [5.41, 5.74) is 2.76. The average Bonchev–Trinajstić information content (AvgIpc) is 3.12. The first-order valence-corrected chi connectivity index (χ1v) is 10.0. The van der Waals surface area contributed by atoms with Crippen LogP contribution in [0.5, 0.6) is 0 Å². The molecule has 4 N–H and O–H groups in total. The van der Waals surface area contributed by atoms with Gasteiger partial charge in [0.25, 0.3) is 0 Å². The minimum absolute atomic E-state index is 0.00439. The first kappa shape index (κ1) is 21.4. The molecular formula is C22H21F3N6O. The minimum atomic E-state index is -4.61. The Bertz CT molecular complexity index is 1150. The predicted molar refractivity (Wildman–Crippen MR) is 117 cm³/mol. The lowest BCUT2D eigenvalue weighted by Gasteiger charge is -2.16. The first-order valence-electron chi connectivity index (χ1n) is 10.0. The molecule has 0 spiro atoms. The van der Waals surface area contributed by atoms with Crippen LogP contribution in [0.25, 0.3) is 0 Å². The first-order chi connectivity index (χ1) is 15.3. The number of nitrogens with zero attached hydrogens (tertiary/aromatic N) is 2. The van der Waals surface area contributed by atoms with Crippen LogP contribution in [0.4, 0.5) is 42.0 Å². The van der Waals surface area contributed by atoms with E-state index in [0.29, 0.717) is 24.3 Å². The topological polar surface area (TPSA) is 91.0 Å². The Morgan fingerprint density at radius 2 is 1.94 bits per heavy atom. The molecule has 1 amide bonds. The van der Waals surface area contributed by atoms with Crippen molar-refractivity contribution in [2.24, 2.45) is 0 Å². The molecule has 0 saturated carbocycles. The lowest BCUT2D eigenvalue weighted by atomic mass is 10.1. The van der Waals surface area contributed by atoms with Crippen LogP contribution in [0.15, 0.2) is 48.7 Å². The zero-order valence-electron chi connectivity index (χ0n) is 17.2. The Kier molecular flexibility index (Phi) is 5.85. The van der Waals surface area contributed by atoms with E-state index < -0.39 is 11.7 Å². The highest BCUT2D eigenvalue weighted by Crippen LogP contribution is 2.35. The second-order valence-corrected chi connectivity index (χ2v) is 7.22. The molecule has 0 unspecified atom stereocenters. The largest absolute Gasteiger partial charge is 0.421 e. The zero-order valence-corrected chi connectivity index (χ0v) is 17.2. The number of hydrogen-bond acceptors (Lipinski definition) is 6. The lowest BCUT2D eigenvalue weighted by molar-refractivity contribution is -0.137. The number of anilines is 5. The number of halogens is 3. The molecule has 0 fully saturated rings. The summed E-state index contributed by atoms with van der Waals surface area (Å²) in [6.45, 7) is 2.78. The van der Waals surface area contributed by atoms with Gasteiger partial charge in [0.2, 0.25) is 11.9 Å². The van der Waals surface area contributed by atoms with Gasteiger partial charge in [-0.1, -0.05) is 24.3 Å². The quantitative estimate of drug-likeness (QED) is 0.421. The van der Waals surface area contributed by atoms with Crippen LogP contribution >= 0.6 is 0 Å². The number of carbonyl (C=O) groups is 1. The highest BCUT2D eigenvalue weighted by atomic mass is 19.4. The van der Waals surface area contributed by atoms with Crippen LogP contribution < -0.4 is 21.3 Å². The fourth-order valence-electron chi connectivity index (χ4n) is 3.42. The van der Waals surface area contributed by atoms with Gasteiger partial charge in [0.1, 0.15) is 11.4 Å².